The molecule has 0 amide bonds. The monoisotopic (exact) mass is 816 g/mol. The third-order valence-corrected chi connectivity index (χ3v) is 12.6. The summed E-state index contributed by atoms with van der Waals surface area (Å²) in [6, 6.07) is 76.7. The fourth-order valence-corrected chi connectivity index (χ4v) is 9.53. The first-order valence-corrected chi connectivity index (χ1v) is 21.6. The quantitative estimate of drug-likeness (QED) is 0.157. The van der Waals surface area contributed by atoms with Crippen LogP contribution in [0.2, 0.25) is 0 Å². The van der Waals surface area contributed by atoms with Gasteiger partial charge in [-0.2, -0.15) is 0 Å². The van der Waals surface area contributed by atoms with Crippen LogP contribution in [0.1, 0.15) is 0 Å². The maximum Gasteiger partial charge on any atom is 0.162 e. The number of fused-ring (bicyclic) bond motifs is 10. The lowest BCUT2D eigenvalue weighted by Gasteiger charge is -2.12. The van der Waals surface area contributed by atoms with Gasteiger partial charge < -0.3 is 8.98 Å². The van der Waals surface area contributed by atoms with Crippen LogP contribution in [0.4, 0.5) is 0 Å². The van der Waals surface area contributed by atoms with Crippen LogP contribution in [0.5, 0.6) is 0 Å². The van der Waals surface area contributed by atoms with Gasteiger partial charge in [-0.15, -0.1) is 0 Å². The number of furan rings is 1. The van der Waals surface area contributed by atoms with Gasteiger partial charge in [0.15, 0.2) is 11.4 Å². The number of pyridine rings is 1. The molecular weight excluding hydrogens is 781 g/mol. The van der Waals surface area contributed by atoms with E-state index >= 15 is 0 Å². The molecule has 0 spiro atoms. The van der Waals surface area contributed by atoms with Crippen molar-refractivity contribution in [2.75, 3.05) is 0 Å². The zero-order valence-corrected chi connectivity index (χ0v) is 34.5. The van der Waals surface area contributed by atoms with E-state index in [0.29, 0.717) is 5.82 Å². The first-order chi connectivity index (χ1) is 31.7. The summed E-state index contributed by atoms with van der Waals surface area (Å²) >= 11 is 0. The minimum absolute atomic E-state index is 0.684. The Morgan fingerprint density at radius 3 is 1.67 bits per heavy atom. The molecule has 0 atom stereocenters. The maximum absolute atomic E-state index is 6.58. The van der Waals surface area contributed by atoms with Gasteiger partial charge in [-0.3, -0.25) is 0 Å². The Kier molecular flexibility index (Phi) is 8.15. The molecule has 9 aromatic carbocycles. The van der Waals surface area contributed by atoms with E-state index in [1.54, 1.807) is 0 Å². The summed E-state index contributed by atoms with van der Waals surface area (Å²) < 4.78 is 8.93. The van der Waals surface area contributed by atoms with Gasteiger partial charge >= 0.3 is 0 Å². The van der Waals surface area contributed by atoms with Crippen LogP contribution in [-0.4, -0.2) is 19.5 Å². The summed E-state index contributed by atoms with van der Waals surface area (Å²) in [6.45, 7) is 0. The molecule has 4 heterocycles. The molecule has 0 saturated carbocycles. The largest absolute Gasteiger partial charge is 0.454 e. The lowest BCUT2D eigenvalue weighted by atomic mass is 9.98. The highest BCUT2D eigenvalue weighted by atomic mass is 16.3. The van der Waals surface area contributed by atoms with E-state index in [1.807, 2.05) is 30.3 Å². The topological polar surface area (TPSA) is 56.7 Å². The first-order valence-electron chi connectivity index (χ1n) is 21.6. The molecule has 4 aromatic heterocycles. The van der Waals surface area contributed by atoms with Gasteiger partial charge in [0.25, 0.3) is 0 Å². The Labute approximate surface area is 368 Å². The number of aromatic nitrogens is 4. The van der Waals surface area contributed by atoms with Crippen molar-refractivity contribution in [2.24, 2.45) is 0 Å². The van der Waals surface area contributed by atoms with Crippen LogP contribution in [-0.2, 0) is 0 Å². The lowest BCUT2D eigenvalue weighted by Crippen LogP contribution is -1.97. The smallest absolute Gasteiger partial charge is 0.162 e. The average molecular weight is 817 g/mol. The standard InChI is InChI=1S/C59H36N4O/c1-2-14-42(15-3-1)59-60-50(36-51(61-59)43-16-12-17-44(35-43)63-52-22-9-6-19-46(52)47-20-7-10-23-53(47)63)40-29-25-37(26-30-40)38-27-31-41(32-28-38)56-58-55(48-21-8-11-24-54(48)64-58)49-34-33-39-13-4-5-18-45(39)57(49)62-56/h1-36H. The number of rotatable bonds is 6. The third kappa shape index (κ3) is 5.83. The highest BCUT2D eigenvalue weighted by molar-refractivity contribution is 6.24. The summed E-state index contributed by atoms with van der Waals surface area (Å²) in [7, 11) is 0. The normalized spacial score (nSPS) is 11.8. The number of benzene rings is 9. The second kappa shape index (κ2) is 14.5. The van der Waals surface area contributed by atoms with E-state index in [-0.39, 0.29) is 0 Å². The second-order valence-corrected chi connectivity index (χ2v) is 16.3. The van der Waals surface area contributed by atoms with Crippen LogP contribution in [0, 0.1) is 0 Å². The van der Waals surface area contributed by atoms with Gasteiger partial charge in [-0.25, -0.2) is 15.0 Å². The van der Waals surface area contributed by atoms with E-state index in [9.17, 15) is 0 Å². The second-order valence-electron chi connectivity index (χ2n) is 16.3. The zero-order chi connectivity index (χ0) is 42.1. The van der Waals surface area contributed by atoms with Crippen molar-refractivity contribution in [2.45, 2.75) is 0 Å². The van der Waals surface area contributed by atoms with E-state index in [4.69, 9.17) is 19.4 Å². The fraction of sp³-hybridized carbons (Fsp3) is 0. The number of nitrogens with zero attached hydrogens (tertiary/aromatic N) is 4. The summed E-state index contributed by atoms with van der Waals surface area (Å²) in [5.74, 6) is 0.684. The van der Waals surface area contributed by atoms with E-state index in [0.717, 1.165) is 94.4 Å². The van der Waals surface area contributed by atoms with Crippen LogP contribution in [0.25, 0.3) is 127 Å². The van der Waals surface area contributed by atoms with Crippen molar-refractivity contribution >= 4 is 65.4 Å². The summed E-state index contributed by atoms with van der Waals surface area (Å²) in [5, 5.41) is 8.05. The fourth-order valence-electron chi connectivity index (χ4n) is 9.53. The molecule has 0 unspecified atom stereocenters. The molecule has 0 aliphatic carbocycles. The molecule has 0 aliphatic heterocycles. The highest BCUT2D eigenvalue weighted by Crippen LogP contribution is 2.42. The molecule has 5 heteroatoms. The Morgan fingerprint density at radius 1 is 0.359 bits per heavy atom. The number of hydrogen-bond acceptors (Lipinski definition) is 4. The molecule has 0 radical (unpaired) electrons. The van der Waals surface area contributed by atoms with Crippen molar-refractivity contribution in [1.29, 1.82) is 0 Å². The molecule has 13 rings (SSSR count). The number of para-hydroxylation sites is 3. The molecule has 0 aliphatic rings. The predicted octanol–water partition coefficient (Wildman–Crippen LogP) is 15.5. The zero-order valence-electron chi connectivity index (χ0n) is 34.5. The van der Waals surface area contributed by atoms with Crippen LogP contribution < -0.4 is 0 Å². The van der Waals surface area contributed by atoms with E-state index in [1.165, 1.54) is 27.2 Å². The summed E-state index contributed by atoms with van der Waals surface area (Å²) in [5.41, 5.74) is 14.8. The van der Waals surface area contributed by atoms with Gasteiger partial charge in [0.2, 0.25) is 0 Å². The Balaban J connectivity index is 0.877. The summed E-state index contributed by atoms with van der Waals surface area (Å²) in [6.07, 6.45) is 0. The molecular formula is C59H36N4O. The Bertz CT molecular complexity index is 3890. The first kappa shape index (κ1) is 36.0. The molecule has 298 valence electrons. The predicted molar refractivity (Wildman–Crippen MR) is 264 cm³/mol. The van der Waals surface area contributed by atoms with Crippen molar-refractivity contribution in [1.82, 2.24) is 19.5 Å². The molecule has 64 heavy (non-hydrogen) atoms. The SMILES string of the molecule is c1ccc(-c2nc(-c3ccc(-c4ccc(-c5nc6c7ccccc7ccc6c6c5oc5ccccc56)cc4)cc3)cc(-c3cccc(-n4c5ccccc5c5ccccc54)c3)n2)cc1. The van der Waals surface area contributed by atoms with Crippen LogP contribution in [0.3, 0.4) is 0 Å². The van der Waals surface area contributed by atoms with Crippen molar-refractivity contribution in [3.63, 3.8) is 0 Å². The van der Waals surface area contributed by atoms with Gasteiger partial charge in [-0.1, -0.05) is 182 Å². The summed E-state index contributed by atoms with van der Waals surface area (Å²) in [4.78, 5) is 15.7. The minimum Gasteiger partial charge on any atom is -0.454 e. The van der Waals surface area contributed by atoms with E-state index in [2.05, 4.69) is 193 Å². The van der Waals surface area contributed by atoms with Gasteiger partial charge in [0, 0.05) is 60.3 Å². The maximum atomic E-state index is 6.58. The van der Waals surface area contributed by atoms with Gasteiger partial charge in [0.1, 0.15) is 11.3 Å². The average Bonchev–Trinajstić information content (AvgIpc) is 3.93. The minimum atomic E-state index is 0.684. The van der Waals surface area contributed by atoms with Crippen LogP contribution >= 0.6 is 0 Å². The molecule has 0 saturated heterocycles. The highest BCUT2D eigenvalue weighted by Gasteiger charge is 2.20. The van der Waals surface area contributed by atoms with Crippen molar-refractivity contribution in [3.05, 3.63) is 218 Å². The Hall–Kier alpha value is -8.67. The molecule has 0 N–H and O–H groups in total. The third-order valence-electron chi connectivity index (χ3n) is 12.6. The lowest BCUT2D eigenvalue weighted by molar-refractivity contribution is 0.669. The molecule has 5 nitrogen and oxygen atoms in total. The van der Waals surface area contributed by atoms with E-state index < -0.39 is 0 Å². The Morgan fingerprint density at radius 2 is 0.938 bits per heavy atom. The van der Waals surface area contributed by atoms with Crippen molar-refractivity contribution in [3.8, 4) is 62.0 Å². The van der Waals surface area contributed by atoms with Crippen LogP contribution in [0.15, 0.2) is 223 Å². The molecule has 13 aromatic rings. The van der Waals surface area contributed by atoms with Gasteiger partial charge in [-0.05, 0) is 52.9 Å². The van der Waals surface area contributed by atoms with Crippen molar-refractivity contribution < 1.29 is 4.42 Å². The molecule has 0 bridgehead atoms. The van der Waals surface area contributed by atoms with Gasteiger partial charge in [0.05, 0.1) is 27.9 Å². The number of hydrogen-bond donors (Lipinski definition) is 0. The molecule has 0 fully saturated rings.